The quantitative estimate of drug-likeness (QED) is 0.908. The SMILES string of the molecule is CC1Cc2ccc(-c3cc(CNC(=O)C4C=CC(=O)N=N4)no3)cc2O1. The number of fused-ring (bicyclic) bond motifs is 1. The number of nitrogens with one attached hydrogen (secondary N) is 1. The van der Waals surface area contributed by atoms with Crippen LogP contribution < -0.4 is 10.1 Å². The average molecular weight is 352 g/mol. The molecule has 1 N–H and O–H groups in total. The summed E-state index contributed by atoms with van der Waals surface area (Å²) < 4.78 is 11.1. The van der Waals surface area contributed by atoms with Gasteiger partial charge < -0.3 is 14.6 Å². The number of carbonyl (C=O) groups excluding carboxylic acids is 2. The van der Waals surface area contributed by atoms with E-state index in [4.69, 9.17) is 9.26 Å². The number of ether oxygens (including phenoxy) is 1. The van der Waals surface area contributed by atoms with Crippen molar-refractivity contribution in [3.05, 3.63) is 47.7 Å². The van der Waals surface area contributed by atoms with Crippen molar-refractivity contribution in [2.75, 3.05) is 0 Å². The molecule has 1 aromatic heterocycles. The van der Waals surface area contributed by atoms with E-state index in [0.29, 0.717) is 11.5 Å². The zero-order valence-corrected chi connectivity index (χ0v) is 14.0. The van der Waals surface area contributed by atoms with Crippen LogP contribution in [-0.2, 0) is 22.6 Å². The van der Waals surface area contributed by atoms with Gasteiger partial charge in [0.05, 0.1) is 6.54 Å². The molecule has 0 saturated heterocycles. The number of amides is 2. The number of rotatable bonds is 4. The Morgan fingerprint density at radius 1 is 1.35 bits per heavy atom. The number of carbonyl (C=O) groups is 2. The Morgan fingerprint density at radius 2 is 2.23 bits per heavy atom. The predicted molar refractivity (Wildman–Crippen MR) is 90.4 cm³/mol. The summed E-state index contributed by atoms with van der Waals surface area (Å²) in [7, 11) is 0. The topological polar surface area (TPSA) is 106 Å². The summed E-state index contributed by atoms with van der Waals surface area (Å²) in [6, 6.07) is 6.90. The van der Waals surface area contributed by atoms with Gasteiger partial charge in [-0.05, 0) is 24.6 Å². The smallest absolute Gasteiger partial charge is 0.287 e. The second-order valence-electron chi connectivity index (χ2n) is 6.21. The molecule has 132 valence electrons. The van der Waals surface area contributed by atoms with Crippen LogP contribution in [0.15, 0.2) is 51.2 Å². The lowest BCUT2D eigenvalue weighted by Crippen LogP contribution is -2.32. The average Bonchev–Trinajstić information content (AvgIpc) is 3.25. The number of nitrogens with zero attached hydrogens (tertiary/aromatic N) is 3. The first-order valence-electron chi connectivity index (χ1n) is 8.25. The summed E-state index contributed by atoms with van der Waals surface area (Å²) in [6.45, 7) is 2.22. The van der Waals surface area contributed by atoms with Gasteiger partial charge in [-0.3, -0.25) is 9.59 Å². The lowest BCUT2D eigenvalue weighted by molar-refractivity contribution is -0.121. The molecule has 8 heteroatoms. The Balaban J connectivity index is 1.40. The second kappa shape index (κ2) is 6.55. The fraction of sp³-hybridized carbons (Fsp3) is 0.278. The van der Waals surface area contributed by atoms with Gasteiger partial charge in [0, 0.05) is 24.1 Å². The maximum atomic E-state index is 12.0. The van der Waals surface area contributed by atoms with E-state index >= 15 is 0 Å². The number of hydrogen-bond acceptors (Lipinski definition) is 6. The largest absolute Gasteiger partial charge is 0.490 e. The van der Waals surface area contributed by atoms with E-state index in [1.807, 2.05) is 25.1 Å². The van der Waals surface area contributed by atoms with Crippen molar-refractivity contribution >= 4 is 11.8 Å². The molecule has 4 rings (SSSR count). The van der Waals surface area contributed by atoms with Crippen LogP contribution >= 0.6 is 0 Å². The van der Waals surface area contributed by atoms with E-state index in [-0.39, 0.29) is 18.6 Å². The lowest BCUT2D eigenvalue weighted by Gasteiger charge is -2.08. The van der Waals surface area contributed by atoms with Gasteiger partial charge in [0.25, 0.3) is 11.8 Å². The summed E-state index contributed by atoms with van der Waals surface area (Å²) in [6.07, 6.45) is 3.72. The van der Waals surface area contributed by atoms with E-state index < -0.39 is 11.9 Å². The molecule has 0 saturated carbocycles. The molecule has 0 radical (unpaired) electrons. The van der Waals surface area contributed by atoms with Gasteiger partial charge in [0.15, 0.2) is 11.8 Å². The van der Waals surface area contributed by atoms with E-state index in [1.165, 1.54) is 17.7 Å². The fourth-order valence-electron chi connectivity index (χ4n) is 2.87. The Labute approximate surface area is 148 Å². The van der Waals surface area contributed by atoms with E-state index in [2.05, 4.69) is 20.7 Å². The number of hydrogen-bond donors (Lipinski definition) is 1. The van der Waals surface area contributed by atoms with Gasteiger partial charge in [-0.25, -0.2) is 0 Å². The molecule has 0 aliphatic carbocycles. The third-order valence-corrected chi connectivity index (χ3v) is 4.16. The summed E-state index contributed by atoms with van der Waals surface area (Å²) in [5.74, 6) is 0.637. The van der Waals surface area contributed by atoms with Gasteiger partial charge >= 0.3 is 0 Å². The van der Waals surface area contributed by atoms with Gasteiger partial charge in [0.1, 0.15) is 17.5 Å². The first-order chi connectivity index (χ1) is 12.6. The van der Waals surface area contributed by atoms with Crippen LogP contribution in [0, 0.1) is 0 Å². The molecular weight excluding hydrogens is 336 g/mol. The van der Waals surface area contributed by atoms with Crippen molar-refractivity contribution in [3.8, 4) is 17.1 Å². The van der Waals surface area contributed by atoms with Crippen molar-refractivity contribution in [1.82, 2.24) is 10.5 Å². The third kappa shape index (κ3) is 3.26. The Kier molecular flexibility index (Phi) is 4.08. The number of azo groups is 1. The zero-order valence-electron chi connectivity index (χ0n) is 14.0. The van der Waals surface area contributed by atoms with Gasteiger partial charge in [-0.15, -0.1) is 5.11 Å². The van der Waals surface area contributed by atoms with E-state index in [0.717, 1.165) is 17.7 Å². The van der Waals surface area contributed by atoms with Crippen molar-refractivity contribution in [1.29, 1.82) is 0 Å². The monoisotopic (exact) mass is 352 g/mol. The Bertz CT molecular complexity index is 915. The minimum Gasteiger partial charge on any atom is -0.490 e. The molecule has 0 fully saturated rings. The highest BCUT2D eigenvalue weighted by Gasteiger charge is 2.21. The molecule has 2 amide bonds. The van der Waals surface area contributed by atoms with Crippen molar-refractivity contribution in [3.63, 3.8) is 0 Å². The van der Waals surface area contributed by atoms with Crippen LogP contribution in [0.4, 0.5) is 0 Å². The maximum Gasteiger partial charge on any atom is 0.287 e. The van der Waals surface area contributed by atoms with Crippen LogP contribution in [0.25, 0.3) is 11.3 Å². The maximum absolute atomic E-state index is 12.0. The molecule has 2 unspecified atom stereocenters. The van der Waals surface area contributed by atoms with Gasteiger partial charge in [0.2, 0.25) is 0 Å². The summed E-state index contributed by atoms with van der Waals surface area (Å²) in [4.78, 5) is 22.9. The van der Waals surface area contributed by atoms with E-state index in [1.54, 1.807) is 6.07 Å². The molecule has 2 atom stereocenters. The van der Waals surface area contributed by atoms with Crippen molar-refractivity contribution in [2.24, 2.45) is 10.2 Å². The third-order valence-electron chi connectivity index (χ3n) is 4.16. The summed E-state index contributed by atoms with van der Waals surface area (Å²) >= 11 is 0. The molecular formula is C18H16N4O4. The molecule has 1 aromatic carbocycles. The van der Waals surface area contributed by atoms with E-state index in [9.17, 15) is 9.59 Å². The summed E-state index contributed by atoms with van der Waals surface area (Å²) in [5, 5.41) is 13.7. The van der Waals surface area contributed by atoms with Crippen LogP contribution in [-0.4, -0.2) is 29.1 Å². The van der Waals surface area contributed by atoms with Gasteiger partial charge in [-0.1, -0.05) is 17.3 Å². The molecule has 26 heavy (non-hydrogen) atoms. The first kappa shape index (κ1) is 16.2. The highest BCUT2D eigenvalue weighted by molar-refractivity contribution is 5.92. The minimum atomic E-state index is -0.796. The molecule has 8 nitrogen and oxygen atoms in total. The van der Waals surface area contributed by atoms with Gasteiger partial charge in [-0.2, -0.15) is 5.11 Å². The minimum absolute atomic E-state index is 0.182. The normalized spacial score (nSPS) is 20.7. The van der Waals surface area contributed by atoms with Crippen LogP contribution in [0.3, 0.4) is 0 Å². The van der Waals surface area contributed by atoms with Crippen molar-refractivity contribution in [2.45, 2.75) is 32.0 Å². The Morgan fingerprint density at radius 3 is 3.04 bits per heavy atom. The first-order valence-corrected chi connectivity index (χ1v) is 8.25. The highest BCUT2D eigenvalue weighted by Crippen LogP contribution is 2.33. The number of aromatic nitrogens is 1. The number of benzene rings is 1. The van der Waals surface area contributed by atoms with Crippen LogP contribution in [0.2, 0.25) is 0 Å². The highest BCUT2D eigenvalue weighted by atomic mass is 16.5. The molecule has 0 bridgehead atoms. The molecule has 3 heterocycles. The fourth-order valence-corrected chi connectivity index (χ4v) is 2.87. The summed E-state index contributed by atoms with van der Waals surface area (Å²) in [5.41, 5.74) is 2.63. The second-order valence-corrected chi connectivity index (χ2v) is 6.21. The molecule has 2 aromatic rings. The predicted octanol–water partition coefficient (Wildman–Crippen LogP) is 2.20. The molecule has 2 aliphatic heterocycles. The zero-order chi connectivity index (χ0) is 18.1. The lowest BCUT2D eigenvalue weighted by atomic mass is 10.1. The molecule has 0 spiro atoms. The molecule has 2 aliphatic rings. The van der Waals surface area contributed by atoms with Crippen LogP contribution in [0.1, 0.15) is 18.2 Å². The van der Waals surface area contributed by atoms with Crippen LogP contribution in [0.5, 0.6) is 5.75 Å². The Hall–Kier alpha value is -3.29. The van der Waals surface area contributed by atoms with Crippen molar-refractivity contribution < 1.29 is 18.8 Å². The standard InChI is InChI=1S/C18H16N4O4/c1-10-6-11-2-3-12(7-15(11)25-10)16-8-13(22-26-16)9-19-18(24)14-4-5-17(23)21-20-14/h2-5,7-8,10,14H,6,9H2,1H3,(H,19,24).